The largest absolute Gasteiger partial charge is 0.492 e. The van der Waals surface area contributed by atoms with E-state index >= 15 is 0 Å². The van der Waals surface area contributed by atoms with Crippen molar-refractivity contribution in [1.29, 1.82) is 0 Å². The Morgan fingerprint density at radius 2 is 1.84 bits per heavy atom. The van der Waals surface area contributed by atoms with Gasteiger partial charge in [0.25, 0.3) is 0 Å². The minimum atomic E-state index is -0.519. The van der Waals surface area contributed by atoms with E-state index in [1.807, 2.05) is 58.9 Å². The average Bonchev–Trinajstić information content (AvgIpc) is 2.71. The molecule has 0 atom stereocenters. The highest BCUT2D eigenvalue weighted by molar-refractivity contribution is 6.56. The summed E-state index contributed by atoms with van der Waals surface area (Å²) in [4.78, 5) is 11.4. The lowest BCUT2D eigenvalue weighted by Gasteiger charge is -2.32. The number of rotatable bonds is 5. The Kier molecular flexibility index (Phi) is 5.77. The lowest BCUT2D eigenvalue weighted by atomic mass is 9.77. The highest BCUT2D eigenvalue weighted by atomic mass is 16.7. The second-order valence-electron chi connectivity index (χ2n) is 7.56. The maximum absolute atomic E-state index is 11.4. The van der Waals surface area contributed by atoms with Crippen LogP contribution in [0.2, 0.25) is 0 Å². The molecule has 0 spiro atoms. The summed E-state index contributed by atoms with van der Waals surface area (Å²) in [6, 6.07) is 5.85. The van der Waals surface area contributed by atoms with Gasteiger partial charge < -0.3 is 19.7 Å². The standard InChI is InChI=1S/C19H28BNO4/c1-13-9-15(7-8-16(13)12-22)10-17(11-21-14(2)23)20-24-18(3,4)19(5,6)25-20/h7-10,22H,11-12H2,1-6H3,(H,21,23). The van der Waals surface area contributed by atoms with Gasteiger partial charge in [-0.3, -0.25) is 4.79 Å². The third-order valence-electron chi connectivity index (χ3n) is 4.99. The Morgan fingerprint density at radius 1 is 1.24 bits per heavy atom. The van der Waals surface area contributed by atoms with Crippen molar-refractivity contribution in [1.82, 2.24) is 5.32 Å². The molecule has 1 heterocycles. The van der Waals surface area contributed by atoms with Crippen molar-refractivity contribution in [2.45, 2.75) is 59.4 Å². The van der Waals surface area contributed by atoms with E-state index in [0.717, 1.165) is 22.2 Å². The van der Waals surface area contributed by atoms with Gasteiger partial charge in [0.2, 0.25) is 5.91 Å². The molecule has 136 valence electrons. The van der Waals surface area contributed by atoms with Gasteiger partial charge in [0.15, 0.2) is 0 Å². The number of benzene rings is 1. The van der Waals surface area contributed by atoms with Crippen molar-refractivity contribution < 1.29 is 19.2 Å². The minimum Gasteiger partial charge on any atom is -0.400 e. The summed E-state index contributed by atoms with van der Waals surface area (Å²) < 4.78 is 12.2. The Balaban J connectivity index is 2.33. The van der Waals surface area contributed by atoms with E-state index in [-0.39, 0.29) is 12.5 Å². The fraction of sp³-hybridized carbons (Fsp3) is 0.526. The zero-order chi connectivity index (χ0) is 18.8. The van der Waals surface area contributed by atoms with E-state index in [0.29, 0.717) is 6.54 Å². The van der Waals surface area contributed by atoms with Gasteiger partial charge >= 0.3 is 7.12 Å². The quantitative estimate of drug-likeness (QED) is 0.805. The molecule has 0 aromatic heterocycles. The zero-order valence-electron chi connectivity index (χ0n) is 16.0. The van der Waals surface area contributed by atoms with Crippen LogP contribution in [0.1, 0.15) is 51.3 Å². The predicted octanol–water partition coefficient (Wildman–Crippen LogP) is 2.64. The molecule has 1 fully saturated rings. The van der Waals surface area contributed by atoms with Gasteiger partial charge in [-0.1, -0.05) is 24.3 Å². The zero-order valence-corrected chi connectivity index (χ0v) is 16.0. The summed E-state index contributed by atoms with van der Waals surface area (Å²) in [6.07, 6.45) is 1.98. The van der Waals surface area contributed by atoms with Crippen molar-refractivity contribution in [3.63, 3.8) is 0 Å². The van der Waals surface area contributed by atoms with Crippen LogP contribution >= 0.6 is 0 Å². The molecular formula is C19H28BNO4. The third kappa shape index (κ3) is 4.51. The Morgan fingerprint density at radius 3 is 2.32 bits per heavy atom. The summed E-state index contributed by atoms with van der Waals surface area (Å²) in [6.45, 7) is 11.8. The Hall–Kier alpha value is -1.63. The molecule has 1 aromatic carbocycles. The second-order valence-corrected chi connectivity index (χ2v) is 7.56. The highest BCUT2D eigenvalue weighted by Crippen LogP contribution is 2.38. The summed E-state index contributed by atoms with van der Waals surface area (Å²) in [5.41, 5.74) is 2.86. The lowest BCUT2D eigenvalue weighted by Crippen LogP contribution is -2.41. The Labute approximate surface area is 150 Å². The van der Waals surface area contributed by atoms with Crippen LogP contribution in [0.15, 0.2) is 23.7 Å². The van der Waals surface area contributed by atoms with Crippen LogP contribution in [0.5, 0.6) is 0 Å². The van der Waals surface area contributed by atoms with Crippen molar-refractivity contribution in [2.75, 3.05) is 6.54 Å². The van der Waals surface area contributed by atoms with Crippen LogP contribution < -0.4 is 5.32 Å². The molecule has 0 aliphatic carbocycles. The maximum Gasteiger partial charge on any atom is 0.492 e. The highest BCUT2D eigenvalue weighted by Gasteiger charge is 2.52. The molecule has 1 aliphatic heterocycles. The monoisotopic (exact) mass is 345 g/mol. The first-order valence-corrected chi connectivity index (χ1v) is 8.56. The SMILES string of the molecule is CC(=O)NCC(=Cc1ccc(CO)c(C)c1)B1OC(C)(C)C(C)(C)O1. The fourth-order valence-electron chi connectivity index (χ4n) is 2.62. The molecule has 0 bridgehead atoms. The fourth-order valence-corrected chi connectivity index (χ4v) is 2.62. The van der Waals surface area contributed by atoms with Gasteiger partial charge in [0, 0.05) is 13.5 Å². The van der Waals surface area contributed by atoms with Crippen molar-refractivity contribution in [3.05, 3.63) is 40.4 Å². The van der Waals surface area contributed by atoms with Crippen LogP contribution in [0.3, 0.4) is 0 Å². The molecule has 0 saturated carbocycles. The van der Waals surface area contributed by atoms with E-state index in [9.17, 15) is 9.90 Å². The number of hydrogen-bond donors (Lipinski definition) is 2. The number of aliphatic hydroxyl groups excluding tert-OH is 1. The lowest BCUT2D eigenvalue weighted by molar-refractivity contribution is -0.118. The van der Waals surface area contributed by atoms with Crippen LogP contribution in [0.25, 0.3) is 6.08 Å². The number of aryl methyl sites for hydroxylation is 1. The van der Waals surface area contributed by atoms with Crippen molar-refractivity contribution in [3.8, 4) is 0 Å². The van der Waals surface area contributed by atoms with E-state index in [2.05, 4.69) is 5.32 Å². The second kappa shape index (κ2) is 7.32. The first-order chi connectivity index (χ1) is 11.6. The third-order valence-corrected chi connectivity index (χ3v) is 4.99. The van der Waals surface area contributed by atoms with Crippen LogP contribution in [-0.2, 0) is 20.7 Å². The molecule has 1 amide bonds. The van der Waals surface area contributed by atoms with Gasteiger partial charge in [-0.05, 0) is 56.8 Å². The number of amides is 1. The molecule has 25 heavy (non-hydrogen) atoms. The number of hydrogen-bond acceptors (Lipinski definition) is 4. The van der Waals surface area contributed by atoms with Crippen molar-refractivity contribution in [2.24, 2.45) is 0 Å². The van der Waals surface area contributed by atoms with Gasteiger partial charge in [-0.15, -0.1) is 0 Å². The van der Waals surface area contributed by atoms with Crippen LogP contribution in [-0.4, -0.2) is 35.9 Å². The van der Waals surface area contributed by atoms with E-state index in [1.165, 1.54) is 6.92 Å². The summed E-state index contributed by atoms with van der Waals surface area (Å²) in [7, 11) is -0.519. The number of aliphatic hydroxyl groups is 1. The van der Waals surface area contributed by atoms with Crippen LogP contribution in [0.4, 0.5) is 0 Å². The molecule has 5 nitrogen and oxygen atoms in total. The minimum absolute atomic E-state index is 0.0196. The molecule has 6 heteroatoms. The number of carbonyl (C=O) groups is 1. The molecule has 1 aliphatic rings. The number of nitrogens with one attached hydrogen (secondary N) is 1. The van der Waals surface area contributed by atoms with Gasteiger partial charge in [0.1, 0.15) is 0 Å². The molecule has 1 aromatic rings. The Bertz CT molecular complexity index is 666. The van der Waals surface area contributed by atoms with Gasteiger partial charge in [0.05, 0.1) is 17.8 Å². The molecular weight excluding hydrogens is 317 g/mol. The van der Waals surface area contributed by atoms with Gasteiger partial charge in [-0.2, -0.15) is 0 Å². The average molecular weight is 345 g/mol. The molecule has 2 rings (SSSR count). The van der Waals surface area contributed by atoms with E-state index < -0.39 is 18.3 Å². The molecule has 0 radical (unpaired) electrons. The first-order valence-electron chi connectivity index (χ1n) is 8.56. The van der Waals surface area contributed by atoms with E-state index in [1.54, 1.807) is 0 Å². The maximum atomic E-state index is 11.4. The first kappa shape index (κ1) is 19.7. The van der Waals surface area contributed by atoms with E-state index in [4.69, 9.17) is 9.31 Å². The summed E-state index contributed by atoms with van der Waals surface area (Å²) >= 11 is 0. The number of carbonyl (C=O) groups excluding carboxylic acids is 1. The smallest absolute Gasteiger partial charge is 0.400 e. The molecule has 1 saturated heterocycles. The van der Waals surface area contributed by atoms with Crippen LogP contribution in [0, 0.1) is 6.92 Å². The summed E-state index contributed by atoms with van der Waals surface area (Å²) in [5, 5.41) is 12.1. The summed E-state index contributed by atoms with van der Waals surface area (Å²) in [5.74, 6) is -0.103. The van der Waals surface area contributed by atoms with Crippen molar-refractivity contribution >= 4 is 19.1 Å². The van der Waals surface area contributed by atoms with Gasteiger partial charge in [-0.25, -0.2) is 0 Å². The topological polar surface area (TPSA) is 67.8 Å². The normalized spacial score (nSPS) is 19.2. The molecule has 2 N–H and O–H groups in total. The molecule has 0 unspecified atom stereocenters. The predicted molar refractivity (Wildman–Crippen MR) is 99.8 cm³/mol.